The fraction of sp³-hybridized carbons (Fsp3) is 0.167. The molecule has 0 amide bonds. The summed E-state index contributed by atoms with van der Waals surface area (Å²) < 4.78 is 28.7. The molecule has 2 N–H and O–H groups in total. The Bertz CT molecular complexity index is 1080. The molecule has 134 valence electrons. The van der Waals surface area contributed by atoms with Gasteiger partial charge in [-0.2, -0.15) is 0 Å². The fourth-order valence-electron chi connectivity index (χ4n) is 2.59. The van der Waals surface area contributed by atoms with Gasteiger partial charge in [-0.25, -0.2) is 18.6 Å². The highest BCUT2D eigenvalue weighted by Crippen LogP contribution is 2.21. The van der Waals surface area contributed by atoms with Crippen LogP contribution < -0.4 is 10.7 Å². The van der Waals surface area contributed by atoms with Crippen LogP contribution in [0.4, 0.5) is 14.6 Å². The maximum absolute atomic E-state index is 14.3. The van der Waals surface area contributed by atoms with Crippen LogP contribution in [0, 0.1) is 11.6 Å². The van der Waals surface area contributed by atoms with E-state index in [1.165, 1.54) is 6.07 Å². The van der Waals surface area contributed by atoms with Gasteiger partial charge < -0.3 is 10.4 Å². The molecule has 1 aromatic carbocycles. The van der Waals surface area contributed by atoms with Crippen molar-refractivity contribution in [3.05, 3.63) is 63.9 Å². The maximum atomic E-state index is 14.3. The number of nitrogens with zero attached hydrogens (tertiary/aromatic N) is 2. The van der Waals surface area contributed by atoms with E-state index in [0.717, 1.165) is 22.9 Å². The van der Waals surface area contributed by atoms with E-state index >= 15 is 0 Å². The summed E-state index contributed by atoms with van der Waals surface area (Å²) in [5, 5.41) is 12.4. The number of anilines is 1. The van der Waals surface area contributed by atoms with Crippen molar-refractivity contribution in [3.63, 3.8) is 0 Å². The van der Waals surface area contributed by atoms with E-state index in [9.17, 15) is 23.5 Å². The first kappa shape index (κ1) is 17.5. The van der Waals surface area contributed by atoms with E-state index in [-0.39, 0.29) is 22.8 Å². The minimum atomic E-state index is -1.45. The monoisotopic (exact) mass is 359 g/mol. The van der Waals surface area contributed by atoms with Crippen molar-refractivity contribution in [2.24, 2.45) is 0 Å². The molecule has 0 unspecified atom stereocenters. The van der Waals surface area contributed by atoms with Gasteiger partial charge in [0.05, 0.1) is 11.1 Å². The number of benzene rings is 1. The Morgan fingerprint density at radius 1 is 1.23 bits per heavy atom. The lowest BCUT2D eigenvalue weighted by molar-refractivity contribution is 0.0695. The lowest BCUT2D eigenvalue weighted by Crippen LogP contribution is -2.20. The third kappa shape index (κ3) is 3.13. The van der Waals surface area contributed by atoms with Gasteiger partial charge in [0.25, 0.3) is 0 Å². The quantitative estimate of drug-likeness (QED) is 0.747. The Morgan fingerprint density at radius 3 is 2.58 bits per heavy atom. The highest BCUT2D eigenvalue weighted by Gasteiger charge is 2.18. The fourth-order valence-corrected chi connectivity index (χ4v) is 2.59. The van der Waals surface area contributed by atoms with Crippen LogP contribution in [0.15, 0.2) is 41.3 Å². The van der Waals surface area contributed by atoms with Gasteiger partial charge in [-0.05, 0) is 38.1 Å². The van der Waals surface area contributed by atoms with Crippen molar-refractivity contribution in [1.29, 1.82) is 0 Å². The molecule has 2 aromatic heterocycles. The normalized spacial score (nSPS) is 11.1. The smallest absolute Gasteiger partial charge is 0.341 e. The molecule has 0 radical (unpaired) electrons. The summed E-state index contributed by atoms with van der Waals surface area (Å²) in [6.45, 7) is 3.79. The zero-order chi connectivity index (χ0) is 19.0. The lowest BCUT2D eigenvalue weighted by Gasteiger charge is -2.15. The largest absolute Gasteiger partial charge is 0.477 e. The van der Waals surface area contributed by atoms with Crippen molar-refractivity contribution < 1.29 is 18.7 Å². The minimum Gasteiger partial charge on any atom is -0.477 e. The number of halogens is 2. The summed E-state index contributed by atoms with van der Waals surface area (Å²) in [5.74, 6) is -2.69. The highest BCUT2D eigenvalue weighted by molar-refractivity contribution is 5.92. The van der Waals surface area contributed by atoms with Crippen molar-refractivity contribution >= 4 is 22.8 Å². The maximum Gasteiger partial charge on any atom is 0.341 e. The molecule has 0 bridgehead atoms. The summed E-state index contributed by atoms with van der Waals surface area (Å²) in [4.78, 5) is 28.1. The van der Waals surface area contributed by atoms with E-state index in [1.807, 2.05) is 13.8 Å². The number of aromatic nitrogens is 2. The Labute approximate surface area is 146 Å². The number of rotatable bonds is 4. The molecular weight excluding hydrogens is 344 g/mol. The summed E-state index contributed by atoms with van der Waals surface area (Å²) >= 11 is 0. The molecule has 0 atom stereocenters. The van der Waals surface area contributed by atoms with Gasteiger partial charge in [-0.15, -0.1) is 0 Å². The van der Waals surface area contributed by atoms with Gasteiger partial charge in [0, 0.05) is 18.3 Å². The van der Waals surface area contributed by atoms with Crippen LogP contribution in [-0.2, 0) is 0 Å². The van der Waals surface area contributed by atoms with Crippen molar-refractivity contribution in [1.82, 2.24) is 9.55 Å². The summed E-state index contributed by atoms with van der Waals surface area (Å²) in [6.07, 6.45) is 0.996. The van der Waals surface area contributed by atoms with Crippen LogP contribution in [0.3, 0.4) is 0 Å². The molecule has 3 aromatic rings. The second-order valence-corrected chi connectivity index (χ2v) is 6.01. The van der Waals surface area contributed by atoms with E-state index in [4.69, 9.17) is 0 Å². The second kappa shape index (κ2) is 6.55. The molecule has 0 aliphatic rings. The molecule has 8 heteroatoms. The zero-order valence-electron chi connectivity index (χ0n) is 14.0. The third-order valence-corrected chi connectivity index (χ3v) is 3.69. The molecular formula is C18H15F2N3O3. The third-order valence-electron chi connectivity index (χ3n) is 3.69. The number of aromatic carboxylic acids is 1. The van der Waals surface area contributed by atoms with Crippen molar-refractivity contribution in [2.45, 2.75) is 19.9 Å². The van der Waals surface area contributed by atoms with Gasteiger partial charge in [-0.1, -0.05) is 0 Å². The second-order valence-electron chi connectivity index (χ2n) is 6.01. The number of nitrogens with one attached hydrogen (secondary N) is 1. The van der Waals surface area contributed by atoms with Gasteiger partial charge >= 0.3 is 5.97 Å². The van der Waals surface area contributed by atoms with E-state index in [0.29, 0.717) is 11.9 Å². The van der Waals surface area contributed by atoms with Crippen LogP contribution in [-0.4, -0.2) is 26.7 Å². The van der Waals surface area contributed by atoms with E-state index < -0.39 is 28.6 Å². The van der Waals surface area contributed by atoms with Crippen LogP contribution in [0.2, 0.25) is 0 Å². The molecule has 3 rings (SSSR count). The van der Waals surface area contributed by atoms with Crippen LogP contribution >= 0.6 is 0 Å². The molecule has 0 saturated heterocycles. The number of pyridine rings is 2. The van der Waals surface area contributed by atoms with Crippen LogP contribution in [0.5, 0.6) is 0 Å². The van der Waals surface area contributed by atoms with E-state index in [2.05, 4.69) is 10.3 Å². The first-order valence-corrected chi connectivity index (χ1v) is 7.79. The van der Waals surface area contributed by atoms with Crippen LogP contribution in [0.1, 0.15) is 24.2 Å². The standard InChI is InChI=1S/C18H15F2N3O3/c1-9(2)21-15-6-4-11-16(24)12(18(25)26)8-23(17(11)22-15)14-5-3-10(19)7-13(14)20/h3-9H,1-2H3,(H,21,22)(H,25,26). The molecule has 0 spiro atoms. The topological polar surface area (TPSA) is 84.2 Å². The molecule has 2 heterocycles. The summed E-state index contributed by atoms with van der Waals surface area (Å²) in [7, 11) is 0. The van der Waals surface area contributed by atoms with Gasteiger partial charge in [0.1, 0.15) is 23.0 Å². The number of fused-ring (bicyclic) bond motifs is 1. The average molecular weight is 359 g/mol. The Hall–Kier alpha value is -3.29. The summed E-state index contributed by atoms with van der Waals surface area (Å²) in [6, 6.07) is 5.90. The van der Waals surface area contributed by atoms with Crippen LogP contribution in [0.25, 0.3) is 16.7 Å². The number of hydrogen-bond acceptors (Lipinski definition) is 4. The van der Waals surface area contributed by atoms with Gasteiger partial charge in [0.15, 0.2) is 5.65 Å². The van der Waals surface area contributed by atoms with E-state index in [1.54, 1.807) is 6.07 Å². The lowest BCUT2D eigenvalue weighted by atomic mass is 10.1. The number of carboxylic acid groups (broad SMARTS) is 1. The zero-order valence-corrected chi connectivity index (χ0v) is 14.0. The summed E-state index contributed by atoms with van der Waals surface area (Å²) in [5.41, 5.74) is -1.31. The number of carboxylic acids is 1. The van der Waals surface area contributed by atoms with Gasteiger partial charge in [-0.3, -0.25) is 9.36 Å². The van der Waals surface area contributed by atoms with Crippen molar-refractivity contribution in [2.75, 3.05) is 5.32 Å². The average Bonchev–Trinajstić information content (AvgIpc) is 2.55. The Balaban J connectivity index is 2.39. The molecule has 0 saturated carbocycles. The SMILES string of the molecule is CC(C)Nc1ccc2c(=O)c(C(=O)O)cn(-c3ccc(F)cc3F)c2n1. The van der Waals surface area contributed by atoms with Crippen molar-refractivity contribution in [3.8, 4) is 5.69 Å². The molecule has 0 aliphatic carbocycles. The molecule has 26 heavy (non-hydrogen) atoms. The molecule has 0 fully saturated rings. The van der Waals surface area contributed by atoms with Gasteiger partial charge in [0.2, 0.25) is 5.43 Å². The first-order chi connectivity index (χ1) is 12.3. The Morgan fingerprint density at radius 2 is 1.96 bits per heavy atom. The highest BCUT2D eigenvalue weighted by atomic mass is 19.1. The molecule has 0 aliphatic heterocycles. The molecule has 6 nitrogen and oxygen atoms in total. The predicted molar refractivity (Wildman–Crippen MR) is 93.0 cm³/mol. The Kier molecular flexibility index (Phi) is 4.41. The number of hydrogen-bond donors (Lipinski definition) is 2. The first-order valence-electron chi connectivity index (χ1n) is 7.79. The minimum absolute atomic E-state index is 0.0166. The number of carbonyl (C=O) groups is 1. The predicted octanol–water partition coefficient (Wildman–Crippen LogP) is 3.18.